The topological polar surface area (TPSA) is 64.6 Å². The standard InChI is InChI=1S/C16H21NO4S/c18-22(19,17-10-13-8-11-1-2-12(13)7-11)14-3-4-15-16(9-14)21-6-5-20-15/h3-4,9,11-13,17H,1-2,5-8,10H2/t11-,12-,13+/m1/s1. The molecule has 0 unspecified atom stereocenters. The number of ether oxygens (including phenoxy) is 2. The number of benzene rings is 1. The lowest BCUT2D eigenvalue weighted by molar-refractivity contribution is 0.171. The summed E-state index contributed by atoms with van der Waals surface area (Å²) >= 11 is 0. The van der Waals surface area contributed by atoms with Gasteiger partial charge in [0.1, 0.15) is 13.2 Å². The van der Waals surface area contributed by atoms with Crippen LogP contribution in [0.4, 0.5) is 0 Å². The normalized spacial score (nSPS) is 29.7. The van der Waals surface area contributed by atoms with Crippen LogP contribution in [0.5, 0.6) is 11.5 Å². The molecule has 1 heterocycles. The molecule has 1 aromatic carbocycles. The summed E-state index contributed by atoms with van der Waals surface area (Å²) in [5.74, 6) is 3.17. The van der Waals surface area contributed by atoms with Crippen LogP contribution in [0.2, 0.25) is 0 Å². The molecule has 0 aromatic heterocycles. The molecule has 6 heteroatoms. The molecular weight excluding hydrogens is 302 g/mol. The van der Waals surface area contributed by atoms with Gasteiger partial charge in [-0.05, 0) is 49.1 Å². The zero-order valence-electron chi connectivity index (χ0n) is 12.5. The van der Waals surface area contributed by atoms with Crippen LogP contribution in [0.25, 0.3) is 0 Å². The summed E-state index contributed by atoms with van der Waals surface area (Å²) in [4.78, 5) is 0.250. The molecule has 22 heavy (non-hydrogen) atoms. The Balaban J connectivity index is 1.46. The van der Waals surface area contributed by atoms with Crippen molar-refractivity contribution in [2.45, 2.75) is 30.6 Å². The number of sulfonamides is 1. The second-order valence-electron chi connectivity index (χ2n) is 6.59. The minimum absolute atomic E-state index is 0.250. The summed E-state index contributed by atoms with van der Waals surface area (Å²) in [5, 5.41) is 0. The molecule has 2 aliphatic carbocycles. The van der Waals surface area contributed by atoms with Gasteiger partial charge in [0.25, 0.3) is 0 Å². The Hall–Kier alpha value is -1.27. The molecule has 2 saturated carbocycles. The van der Waals surface area contributed by atoms with E-state index < -0.39 is 10.0 Å². The highest BCUT2D eigenvalue weighted by molar-refractivity contribution is 7.89. The van der Waals surface area contributed by atoms with E-state index in [0.717, 1.165) is 5.92 Å². The lowest BCUT2D eigenvalue weighted by Crippen LogP contribution is -2.31. The third-order valence-electron chi connectivity index (χ3n) is 5.24. The van der Waals surface area contributed by atoms with Gasteiger partial charge < -0.3 is 9.47 Å². The van der Waals surface area contributed by atoms with Crippen LogP contribution in [0.1, 0.15) is 25.7 Å². The van der Waals surface area contributed by atoms with E-state index >= 15 is 0 Å². The van der Waals surface area contributed by atoms with E-state index in [2.05, 4.69) is 4.72 Å². The van der Waals surface area contributed by atoms with E-state index in [-0.39, 0.29) is 4.90 Å². The molecule has 1 N–H and O–H groups in total. The van der Waals surface area contributed by atoms with Gasteiger partial charge in [-0.15, -0.1) is 0 Å². The van der Waals surface area contributed by atoms with Crippen LogP contribution in [-0.4, -0.2) is 28.2 Å². The number of rotatable bonds is 4. The average molecular weight is 323 g/mol. The number of nitrogens with one attached hydrogen (secondary N) is 1. The van der Waals surface area contributed by atoms with Crippen LogP contribution in [0.3, 0.4) is 0 Å². The minimum atomic E-state index is -3.48. The highest BCUT2D eigenvalue weighted by Gasteiger charge is 2.39. The molecule has 5 nitrogen and oxygen atoms in total. The predicted molar refractivity (Wildman–Crippen MR) is 81.6 cm³/mol. The lowest BCUT2D eigenvalue weighted by Gasteiger charge is -2.22. The van der Waals surface area contributed by atoms with Gasteiger partial charge in [0.2, 0.25) is 10.0 Å². The molecule has 0 spiro atoms. The molecule has 0 saturated heterocycles. The van der Waals surface area contributed by atoms with Crippen molar-refractivity contribution in [3.05, 3.63) is 18.2 Å². The monoisotopic (exact) mass is 323 g/mol. The minimum Gasteiger partial charge on any atom is -0.486 e. The molecule has 3 atom stereocenters. The van der Waals surface area contributed by atoms with Crippen LogP contribution in [0, 0.1) is 17.8 Å². The molecule has 0 amide bonds. The van der Waals surface area contributed by atoms with Crippen molar-refractivity contribution in [2.24, 2.45) is 17.8 Å². The van der Waals surface area contributed by atoms with E-state index in [1.165, 1.54) is 25.7 Å². The third-order valence-corrected chi connectivity index (χ3v) is 6.67. The molecule has 120 valence electrons. The fourth-order valence-corrected chi connectivity index (χ4v) is 5.23. The highest BCUT2D eigenvalue weighted by Crippen LogP contribution is 2.48. The van der Waals surface area contributed by atoms with E-state index in [4.69, 9.17) is 9.47 Å². The van der Waals surface area contributed by atoms with Gasteiger partial charge in [-0.2, -0.15) is 0 Å². The SMILES string of the molecule is O=S(=O)(NC[C@@H]1C[C@@H]2CC[C@@H]1C2)c1ccc2c(c1)OCCO2. The maximum atomic E-state index is 12.5. The van der Waals surface area contributed by atoms with Crippen LogP contribution in [0.15, 0.2) is 23.1 Å². The van der Waals surface area contributed by atoms with Crippen LogP contribution < -0.4 is 14.2 Å². The Bertz CT molecular complexity index is 673. The molecule has 4 rings (SSSR count). The maximum absolute atomic E-state index is 12.5. The molecular formula is C16H21NO4S. The summed E-state index contributed by atoms with van der Waals surface area (Å²) in [7, 11) is -3.48. The lowest BCUT2D eigenvalue weighted by atomic mass is 9.89. The fourth-order valence-electron chi connectivity index (χ4n) is 4.12. The molecule has 1 aromatic rings. The van der Waals surface area contributed by atoms with Crippen molar-refractivity contribution in [3.8, 4) is 11.5 Å². The Morgan fingerprint density at radius 2 is 1.91 bits per heavy atom. The maximum Gasteiger partial charge on any atom is 0.240 e. The van der Waals surface area contributed by atoms with Crippen molar-refractivity contribution < 1.29 is 17.9 Å². The van der Waals surface area contributed by atoms with Gasteiger partial charge in [-0.25, -0.2) is 13.1 Å². The summed E-state index contributed by atoms with van der Waals surface area (Å²) in [6.07, 6.45) is 5.06. The van der Waals surface area contributed by atoms with Crippen LogP contribution in [-0.2, 0) is 10.0 Å². The number of fused-ring (bicyclic) bond motifs is 3. The molecule has 0 radical (unpaired) electrons. The first kappa shape index (κ1) is 14.3. The smallest absolute Gasteiger partial charge is 0.240 e. The second kappa shape index (κ2) is 5.42. The Morgan fingerprint density at radius 3 is 2.64 bits per heavy atom. The summed E-state index contributed by atoms with van der Waals surface area (Å²) in [5.41, 5.74) is 0. The Labute approximate surface area is 131 Å². The van der Waals surface area contributed by atoms with Crippen molar-refractivity contribution in [2.75, 3.05) is 19.8 Å². The first-order valence-corrected chi connectivity index (χ1v) is 9.49. The van der Waals surface area contributed by atoms with E-state index in [1.807, 2.05) is 0 Å². The zero-order valence-corrected chi connectivity index (χ0v) is 13.3. The summed E-state index contributed by atoms with van der Waals surface area (Å²) < 4.78 is 38.6. The number of hydrogen-bond donors (Lipinski definition) is 1. The quantitative estimate of drug-likeness (QED) is 0.922. The predicted octanol–water partition coefficient (Wildman–Crippen LogP) is 2.17. The molecule has 1 aliphatic heterocycles. The van der Waals surface area contributed by atoms with Crippen LogP contribution >= 0.6 is 0 Å². The van der Waals surface area contributed by atoms with Crippen molar-refractivity contribution in [1.82, 2.24) is 4.72 Å². The molecule has 2 bridgehead atoms. The highest BCUT2D eigenvalue weighted by atomic mass is 32.2. The third kappa shape index (κ3) is 2.58. The first-order chi connectivity index (χ1) is 10.6. The van der Waals surface area contributed by atoms with Gasteiger partial charge in [0.05, 0.1) is 4.90 Å². The average Bonchev–Trinajstić information content (AvgIpc) is 3.15. The molecule has 2 fully saturated rings. The van der Waals surface area contributed by atoms with Gasteiger partial charge in [-0.1, -0.05) is 6.42 Å². The first-order valence-electron chi connectivity index (χ1n) is 8.01. The number of hydrogen-bond acceptors (Lipinski definition) is 4. The van der Waals surface area contributed by atoms with Gasteiger partial charge in [0.15, 0.2) is 11.5 Å². The van der Waals surface area contributed by atoms with Crippen molar-refractivity contribution >= 4 is 10.0 Å². The molecule has 3 aliphatic rings. The van der Waals surface area contributed by atoms with Crippen molar-refractivity contribution in [1.29, 1.82) is 0 Å². The van der Waals surface area contributed by atoms with E-state index in [9.17, 15) is 8.42 Å². The zero-order chi connectivity index (χ0) is 15.2. The van der Waals surface area contributed by atoms with Crippen molar-refractivity contribution in [3.63, 3.8) is 0 Å². The fraction of sp³-hybridized carbons (Fsp3) is 0.625. The van der Waals surface area contributed by atoms with E-state index in [0.29, 0.717) is 43.1 Å². The van der Waals surface area contributed by atoms with Gasteiger partial charge >= 0.3 is 0 Å². The second-order valence-corrected chi connectivity index (χ2v) is 8.36. The van der Waals surface area contributed by atoms with Gasteiger partial charge in [-0.3, -0.25) is 0 Å². The van der Waals surface area contributed by atoms with E-state index in [1.54, 1.807) is 18.2 Å². The summed E-state index contributed by atoms with van der Waals surface area (Å²) in [6.45, 7) is 1.51. The summed E-state index contributed by atoms with van der Waals surface area (Å²) in [6, 6.07) is 4.80. The Kier molecular flexibility index (Phi) is 3.53. The largest absolute Gasteiger partial charge is 0.486 e. The Morgan fingerprint density at radius 1 is 1.09 bits per heavy atom. The van der Waals surface area contributed by atoms with Gasteiger partial charge in [0, 0.05) is 12.6 Å².